The predicted molar refractivity (Wildman–Crippen MR) is 57.0 cm³/mol. The normalized spacial score (nSPS) is 17.6. The van der Waals surface area contributed by atoms with Crippen LogP contribution in [0.3, 0.4) is 0 Å². The van der Waals surface area contributed by atoms with Gasteiger partial charge in [-0.25, -0.2) is 0 Å². The first-order chi connectivity index (χ1) is 6.90. The van der Waals surface area contributed by atoms with Crippen molar-refractivity contribution in [3.05, 3.63) is 34.8 Å². The molecule has 1 aromatic rings. The van der Waals surface area contributed by atoms with Gasteiger partial charge in [0.25, 0.3) is 0 Å². The van der Waals surface area contributed by atoms with Crippen molar-refractivity contribution in [2.45, 2.75) is 38.0 Å². The Hall–Kier alpha value is -1.36. The van der Waals surface area contributed by atoms with E-state index in [2.05, 4.69) is 17.1 Å². The van der Waals surface area contributed by atoms with Gasteiger partial charge in [-0.15, -0.1) is 0 Å². The van der Waals surface area contributed by atoms with Crippen LogP contribution in [0.2, 0.25) is 0 Å². The Morgan fingerprint density at radius 3 is 2.21 bits per heavy atom. The zero-order valence-corrected chi connectivity index (χ0v) is 8.32. The summed E-state index contributed by atoms with van der Waals surface area (Å²) < 4.78 is 0. The monoisotopic (exact) mass is 187 g/mol. The predicted octanol–water partition coefficient (Wildman–Crippen LogP) is 4.22. The molecule has 72 valence electrons. The van der Waals surface area contributed by atoms with E-state index in [-0.39, 0.29) is 0 Å². The van der Waals surface area contributed by atoms with Crippen LogP contribution >= 0.6 is 0 Å². The molecule has 1 aliphatic rings. The summed E-state index contributed by atoms with van der Waals surface area (Å²) in [5.41, 5.74) is 2.04. The van der Waals surface area contributed by atoms with Crippen molar-refractivity contribution in [3.8, 4) is 0 Å². The maximum absolute atomic E-state index is 8.56. The van der Waals surface area contributed by atoms with E-state index in [0.717, 1.165) is 5.92 Å². The van der Waals surface area contributed by atoms with Gasteiger partial charge in [0.1, 0.15) is 0 Å². The topological polar surface area (TPSA) is 28.1 Å². The van der Waals surface area contributed by atoms with Gasteiger partial charge in [0.15, 0.2) is 4.98 Å². The second kappa shape index (κ2) is 4.23. The number of hydrogen-bond acceptors (Lipinski definition) is 1. The third-order valence-electron chi connectivity index (χ3n) is 3.09. The fourth-order valence-electron chi connectivity index (χ4n) is 2.25. The summed E-state index contributed by atoms with van der Waals surface area (Å²) in [4.78, 5) is 3.16. The van der Waals surface area contributed by atoms with E-state index in [1.165, 1.54) is 37.7 Å². The minimum atomic E-state index is 0.643. The highest BCUT2D eigenvalue weighted by Crippen LogP contribution is 2.33. The largest absolute Gasteiger partial charge is 0.385 e. The maximum Gasteiger partial charge on any atom is 0.385 e. The van der Waals surface area contributed by atoms with Gasteiger partial charge in [-0.05, 0) is 24.3 Å². The lowest BCUT2D eigenvalue weighted by molar-refractivity contribution is 0.443. The van der Waals surface area contributed by atoms with Crippen LogP contribution < -0.4 is 0 Å². The van der Waals surface area contributed by atoms with Crippen molar-refractivity contribution >= 4 is 5.69 Å². The van der Waals surface area contributed by atoms with Crippen molar-refractivity contribution in [3.63, 3.8) is 0 Å². The van der Waals surface area contributed by atoms with Crippen molar-refractivity contribution in [1.29, 1.82) is 5.39 Å². The molecule has 2 heteroatoms. The minimum Gasteiger partial charge on any atom is -0.0533 e. The summed E-state index contributed by atoms with van der Waals surface area (Å²) in [5.74, 6) is 0.733. The molecule has 1 saturated carbocycles. The number of rotatable bonds is 1. The SMILES string of the molecule is N#[N+]c1ccc(C2CCCCC2)cc1. The first-order valence-electron chi connectivity index (χ1n) is 5.35. The smallest absolute Gasteiger partial charge is 0.0533 e. The summed E-state index contributed by atoms with van der Waals surface area (Å²) in [6.07, 6.45) is 6.74. The molecule has 0 amide bonds. The molecule has 0 aromatic heterocycles. The van der Waals surface area contributed by atoms with Gasteiger partial charge in [-0.2, -0.15) is 0 Å². The quantitative estimate of drug-likeness (QED) is 0.605. The van der Waals surface area contributed by atoms with Gasteiger partial charge in [-0.3, -0.25) is 0 Å². The molecule has 1 fully saturated rings. The van der Waals surface area contributed by atoms with Crippen LogP contribution in [0.15, 0.2) is 24.3 Å². The summed E-state index contributed by atoms with van der Waals surface area (Å²) in [5, 5.41) is 8.56. The van der Waals surface area contributed by atoms with E-state index in [4.69, 9.17) is 5.39 Å². The van der Waals surface area contributed by atoms with Gasteiger partial charge in [0, 0.05) is 12.1 Å². The summed E-state index contributed by atoms with van der Waals surface area (Å²) in [6.45, 7) is 0. The van der Waals surface area contributed by atoms with Gasteiger partial charge in [-0.1, -0.05) is 31.4 Å². The number of diazo groups is 1. The lowest BCUT2D eigenvalue weighted by Crippen LogP contribution is -2.03. The first-order valence-corrected chi connectivity index (χ1v) is 5.35. The van der Waals surface area contributed by atoms with Gasteiger partial charge < -0.3 is 0 Å². The Balaban J connectivity index is 2.12. The zero-order valence-electron chi connectivity index (χ0n) is 8.32. The van der Waals surface area contributed by atoms with Crippen LogP contribution in [-0.4, -0.2) is 0 Å². The number of benzene rings is 1. The average molecular weight is 187 g/mol. The Kier molecular flexibility index (Phi) is 2.78. The first kappa shape index (κ1) is 9.21. The molecule has 1 aliphatic carbocycles. The van der Waals surface area contributed by atoms with Crippen LogP contribution in [0.1, 0.15) is 43.6 Å². The van der Waals surface area contributed by atoms with E-state index in [1.807, 2.05) is 12.1 Å². The summed E-state index contributed by atoms with van der Waals surface area (Å²) in [6, 6.07) is 7.93. The fraction of sp³-hybridized carbons (Fsp3) is 0.500. The zero-order chi connectivity index (χ0) is 9.80. The van der Waals surface area contributed by atoms with Crippen molar-refractivity contribution in [1.82, 2.24) is 0 Å². The molecular formula is C12H15N2+. The van der Waals surface area contributed by atoms with E-state index in [1.54, 1.807) is 0 Å². The molecule has 0 N–H and O–H groups in total. The molecule has 2 rings (SSSR count). The molecule has 2 nitrogen and oxygen atoms in total. The molecule has 0 saturated heterocycles. The molecule has 0 heterocycles. The second-order valence-electron chi connectivity index (χ2n) is 4.03. The van der Waals surface area contributed by atoms with Crippen LogP contribution in [0.25, 0.3) is 4.98 Å². The van der Waals surface area contributed by atoms with Crippen LogP contribution in [0.5, 0.6) is 0 Å². The minimum absolute atomic E-state index is 0.643. The standard InChI is InChI=1S/C12H15N2/c13-14-12-8-6-11(7-9-12)10-4-2-1-3-5-10/h6-10H,1-5H2/q+1. The molecule has 0 aliphatic heterocycles. The molecule has 14 heavy (non-hydrogen) atoms. The van der Waals surface area contributed by atoms with Gasteiger partial charge in [0.05, 0.1) is 0 Å². The average Bonchev–Trinajstić information content (AvgIpc) is 2.30. The molecule has 0 atom stereocenters. The van der Waals surface area contributed by atoms with Crippen molar-refractivity contribution in [2.24, 2.45) is 0 Å². The number of nitrogens with zero attached hydrogens (tertiary/aromatic N) is 2. The Bertz CT molecular complexity index is 328. The highest BCUT2D eigenvalue weighted by Gasteiger charge is 2.16. The van der Waals surface area contributed by atoms with Gasteiger partial charge in [0.2, 0.25) is 5.39 Å². The van der Waals surface area contributed by atoms with Crippen molar-refractivity contribution < 1.29 is 0 Å². The summed E-state index contributed by atoms with van der Waals surface area (Å²) in [7, 11) is 0. The maximum atomic E-state index is 8.56. The highest BCUT2D eigenvalue weighted by molar-refractivity contribution is 5.45. The third kappa shape index (κ3) is 1.93. The van der Waals surface area contributed by atoms with Crippen LogP contribution in [0, 0.1) is 5.39 Å². The number of hydrogen-bond donors (Lipinski definition) is 0. The fourth-order valence-corrected chi connectivity index (χ4v) is 2.25. The van der Waals surface area contributed by atoms with Gasteiger partial charge >= 0.3 is 5.69 Å². The van der Waals surface area contributed by atoms with Crippen molar-refractivity contribution in [2.75, 3.05) is 0 Å². The van der Waals surface area contributed by atoms with Crippen LogP contribution in [-0.2, 0) is 0 Å². The Labute approximate surface area is 84.6 Å². The molecule has 0 spiro atoms. The van der Waals surface area contributed by atoms with E-state index in [0.29, 0.717) is 5.69 Å². The molecular weight excluding hydrogens is 172 g/mol. The Morgan fingerprint density at radius 2 is 1.64 bits per heavy atom. The second-order valence-corrected chi connectivity index (χ2v) is 4.03. The van der Waals surface area contributed by atoms with Crippen LogP contribution in [0.4, 0.5) is 5.69 Å². The van der Waals surface area contributed by atoms with E-state index < -0.39 is 0 Å². The molecule has 0 radical (unpaired) electrons. The van der Waals surface area contributed by atoms with E-state index in [9.17, 15) is 0 Å². The third-order valence-corrected chi connectivity index (χ3v) is 3.09. The molecule has 0 bridgehead atoms. The Morgan fingerprint density at radius 1 is 1.00 bits per heavy atom. The molecule has 0 unspecified atom stereocenters. The lowest BCUT2D eigenvalue weighted by Gasteiger charge is -2.21. The highest BCUT2D eigenvalue weighted by atomic mass is 14.8. The summed E-state index contributed by atoms with van der Waals surface area (Å²) >= 11 is 0. The molecule has 1 aromatic carbocycles. The van der Waals surface area contributed by atoms with E-state index >= 15 is 0 Å². The lowest BCUT2D eigenvalue weighted by atomic mass is 9.84.